The molecule has 30 heavy (non-hydrogen) atoms. The van der Waals surface area contributed by atoms with E-state index in [9.17, 15) is 18.0 Å². The fourth-order valence-electron chi connectivity index (χ4n) is 4.67. The molecule has 1 fully saturated rings. The maximum Gasteiger partial charge on any atom is 0.416 e. The average molecular weight is 427 g/mol. The summed E-state index contributed by atoms with van der Waals surface area (Å²) in [7, 11) is 0. The molecule has 2 aliphatic rings. The normalized spacial score (nSPS) is 24.8. The molecule has 1 aliphatic carbocycles. The van der Waals surface area contributed by atoms with Gasteiger partial charge in [-0.1, -0.05) is 18.9 Å². The summed E-state index contributed by atoms with van der Waals surface area (Å²) in [5.41, 5.74) is 0.664. The molecule has 0 aromatic heterocycles. The first-order valence-electron chi connectivity index (χ1n) is 11.0. The van der Waals surface area contributed by atoms with Crippen LogP contribution in [0.15, 0.2) is 18.2 Å². The lowest BCUT2D eigenvalue weighted by molar-refractivity contribution is -0.137. The van der Waals surface area contributed by atoms with E-state index < -0.39 is 17.3 Å². The van der Waals surface area contributed by atoms with Crippen LogP contribution in [0.1, 0.15) is 82.0 Å². The van der Waals surface area contributed by atoms with E-state index in [-0.39, 0.29) is 18.2 Å². The van der Waals surface area contributed by atoms with Crippen molar-refractivity contribution in [2.24, 2.45) is 5.92 Å². The molecule has 0 bridgehead atoms. The Kier molecular flexibility index (Phi) is 7.00. The summed E-state index contributed by atoms with van der Waals surface area (Å²) < 4.78 is 44.5. The molecule has 1 saturated carbocycles. The number of alkyl halides is 3. The van der Waals surface area contributed by atoms with Crippen molar-refractivity contribution >= 4 is 6.09 Å². The fourth-order valence-corrected chi connectivity index (χ4v) is 4.67. The van der Waals surface area contributed by atoms with Crippen LogP contribution in [0.25, 0.3) is 0 Å². The zero-order chi connectivity index (χ0) is 21.9. The van der Waals surface area contributed by atoms with Crippen molar-refractivity contribution in [1.82, 2.24) is 10.6 Å². The van der Waals surface area contributed by atoms with Gasteiger partial charge in [-0.2, -0.15) is 13.2 Å². The van der Waals surface area contributed by atoms with Crippen LogP contribution < -0.4 is 10.6 Å². The van der Waals surface area contributed by atoms with E-state index in [4.69, 9.17) is 4.74 Å². The number of ether oxygens (including phenoxy) is 1. The molecule has 0 saturated heterocycles. The molecule has 0 radical (unpaired) electrons. The predicted octanol–water partition coefficient (Wildman–Crippen LogP) is 5.76. The van der Waals surface area contributed by atoms with Gasteiger partial charge in [0.1, 0.15) is 5.60 Å². The maximum absolute atomic E-state index is 13.0. The van der Waals surface area contributed by atoms with Crippen molar-refractivity contribution in [3.05, 3.63) is 34.9 Å². The monoisotopic (exact) mass is 426 g/mol. The molecule has 0 spiro atoms. The lowest BCUT2D eigenvalue weighted by Crippen LogP contribution is -2.44. The van der Waals surface area contributed by atoms with Crippen LogP contribution in [0.2, 0.25) is 0 Å². The van der Waals surface area contributed by atoms with Crippen LogP contribution in [0, 0.1) is 5.92 Å². The highest BCUT2D eigenvalue weighted by Gasteiger charge is 2.33. The molecule has 1 amide bonds. The molecule has 2 N–H and O–H groups in total. The molecule has 7 heteroatoms. The predicted molar refractivity (Wildman–Crippen MR) is 110 cm³/mol. The van der Waals surface area contributed by atoms with Gasteiger partial charge in [0.2, 0.25) is 0 Å². The third-order valence-electron chi connectivity index (χ3n) is 6.07. The molecule has 168 valence electrons. The lowest BCUT2D eigenvalue weighted by Gasteiger charge is -2.35. The van der Waals surface area contributed by atoms with E-state index in [2.05, 4.69) is 10.6 Å². The molecule has 3 rings (SSSR count). The summed E-state index contributed by atoms with van der Waals surface area (Å²) in [6.07, 6.45) is 1.90. The number of benzene rings is 1. The van der Waals surface area contributed by atoms with Gasteiger partial charge in [-0.15, -0.1) is 0 Å². The Morgan fingerprint density at radius 3 is 2.60 bits per heavy atom. The van der Waals surface area contributed by atoms with Crippen molar-refractivity contribution in [3.8, 4) is 0 Å². The Labute approximate surface area is 176 Å². The fraction of sp³-hybridized carbons (Fsp3) is 0.696. The summed E-state index contributed by atoms with van der Waals surface area (Å²) in [6.45, 7) is 6.23. The van der Waals surface area contributed by atoms with Crippen LogP contribution in [0.4, 0.5) is 18.0 Å². The smallest absolute Gasteiger partial charge is 0.416 e. The topological polar surface area (TPSA) is 50.4 Å². The van der Waals surface area contributed by atoms with Gasteiger partial charge < -0.3 is 15.4 Å². The standard InChI is InChI=1S/C23H33F3N2O2/c1-22(2,3)30-21(29)28-19-7-5-4-6-15(19)8-11-20-18-10-9-17(23(24,25)26)14-16(18)12-13-27-20/h9-10,14-15,19-20,27H,4-8,11-13H2,1-3H3,(H,28,29). The first kappa shape index (κ1) is 22.9. The number of alkyl carbamates (subject to hydrolysis) is 1. The molecular weight excluding hydrogens is 393 g/mol. The zero-order valence-electron chi connectivity index (χ0n) is 18.1. The Balaban J connectivity index is 1.62. The number of amides is 1. The first-order chi connectivity index (χ1) is 14.0. The van der Waals surface area contributed by atoms with Gasteiger partial charge in [0.25, 0.3) is 0 Å². The Morgan fingerprint density at radius 1 is 1.17 bits per heavy atom. The van der Waals surface area contributed by atoms with Crippen molar-refractivity contribution in [1.29, 1.82) is 0 Å². The second kappa shape index (κ2) is 9.16. The van der Waals surface area contributed by atoms with Crippen molar-refractivity contribution in [2.45, 2.75) is 89.6 Å². The lowest BCUT2D eigenvalue weighted by atomic mass is 9.79. The number of fused-ring (bicyclic) bond motifs is 1. The minimum atomic E-state index is -4.31. The molecule has 3 unspecified atom stereocenters. The van der Waals surface area contributed by atoms with E-state index in [1.165, 1.54) is 12.1 Å². The van der Waals surface area contributed by atoms with Crippen molar-refractivity contribution in [2.75, 3.05) is 6.54 Å². The van der Waals surface area contributed by atoms with Crippen molar-refractivity contribution in [3.63, 3.8) is 0 Å². The molecule has 1 heterocycles. The van der Waals surface area contributed by atoms with E-state index in [1.807, 2.05) is 20.8 Å². The van der Waals surface area contributed by atoms with E-state index >= 15 is 0 Å². The minimum absolute atomic E-state index is 0.0557. The number of hydrogen-bond donors (Lipinski definition) is 2. The van der Waals surface area contributed by atoms with Gasteiger partial charge in [-0.3, -0.25) is 0 Å². The molecule has 4 nitrogen and oxygen atoms in total. The number of rotatable bonds is 4. The zero-order valence-corrected chi connectivity index (χ0v) is 18.1. The highest BCUT2D eigenvalue weighted by atomic mass is 19.4. The Bertz CT molecular complexity index is 743. The SMILES string of the molecule is CC(C)(C)OC(=O)NC1CCCCC1CCC1NCCc2cc(C(F)(F)F)ccc21. The summed E-state index contributed by atoms with van der Waals surface area (Å²) in [6, 6.07) is 4.26. The largest absolute Gasteiger partial charge is 0.444 e. The van der Waals surface area contributed by atoms with Crippen LogP contribution in [-0.4, -0.2) is 24.3 Å². The number of nitrogens with one attached hydrogen (secondary N) is 2. The van der Waals surface area contributed by atoms with E-state index in [1.54, 1.807) is 6.07 Å². The van der Waals surface area contributed by atoms with E-state index in [0.29, 0.717) is 18.9 Å². The van der Waals surface area contributed by atoms with Crippen LogP contribution in [0.3, 0.4) is 0 Å². The molecule has 1 aromatic carbocycles. The molecule has 3 atom stereocenters. The minimum Gasteiger partial charge on any atom is -0.444 e. The first-order valence-corrected chi connectivity index (χ1v) is 11.0. The number of carbonyl (C=O) groups excluding carboxylic acids is 1. The second-order valence-electron chi connectivity index (χ2n) is 9.54. The van der Waals surface area contributed by atoms with Gasteiger partial charge in [0, 0.05) is 12.1 Å². The van der Waals surface area contributed by atoms with Gasteiger partial charge in [-0.05, 0) is 88.6 Å². The summed E-state index contributed by atoms with van der Waals surface area (Å²) in [4.78, 5) is 12.2. The highest BCUT2D eigenvalue weighted by Crippen LogP contribution is 2.36. The third kappa shape index (κ3) is 6.13. The van der Waals surface area contributed by atoms with Crippen molar-refractivity contribution < 1.29 is 22.7 Å². The van der Waals surface area contributed by atoms with Crippen LogP contribution in [0.5, 0.6) is 0 Å². The van der Waals surface area contributed by atoms with Gasteiger partial charge >= 0.3 is 12.3 Å². The Morgan fingerprint density at radius 2 is 1.90 bits per heavy atom. The molecular formula is C23H33F3N2O2. The van der Waals surface area contributed by atoms with Gasteiger partial charge in [0.05, 0.1) is 5.56 Å². The summed E-state index contributed by atoms with van der Waals surface area (Å²) in [5.74, 6) is 0.355. The van der Waals surface area contributed by atoms with Gasteiger partial charge in [-0.25, -0.2) is 4.79 Å². The van der Waals surface area contributed by atoms with E-state index in [0.717, 1.165) is 49.7 Å². The third-order valence-corrected chi connectivity index (χ3v) is 6.07. The maximum atomic E-state index is 13.0. The highest BCUT2D eigenvalue weighted by molar-refractivity contribution is 5.68. The number of hydrogen-bond acceptors (Lipinski definition) is 3. The second-order valence-corrected chi connectivity index (χ2v) is 9.54. The number of halogens is 3. The van der Waals surface area contributed by atoms with Crippen LogP contribution in [-0.2, 0) is 17.3 Å². The Hall–Kier alpha value is -1.76. The molecule has 1 aliphatic heterocycles. The summed E-state index contributed by atoms with van der Waals surface area (Å²) >= 11 is 0. The summed E-state index contributed by atoms with van der Waals surface area (Å²) in [5, 5.41) is 6.52. The average Bonchev–Trinajstić information content (AvgIpc) is 2.64. The van der Waals surface area contributed by atoms with Gasteiger partial charge in [0.15, 0.2) is 0 Å². The molecule has 1 aromatic rings. The number of carbonyl (C=O) groups is 1. The van der Waals surface area contributed by atoms with Crippen LogP contribution >= 0.6 is 0 Å². The quantitative estimate of drug-likeness (QED) is 0.644.